The number of amides is 1. The summed E-state index contributed by atoms with van der Waals surface area (Å²) in [5, 5.41) is 17.7. The van der Waals surface area contributed by atoms with Gasteiger partial charge in [-0.1, -0.05) is 30.3 Å². The SMILES string of the molecule is Cn1ncc(C(=O)O)c1C(=O)Nc1nc(-c2ccccc2)cs1. The van der Waals surface area contributed by atoms with Crippen LogP contribution in [-0.4, -0.2) is 31.7 Å². The molecule has 3 aromatic rings. The molecule has 0 aliphatic rings. The molecule has 8 heteroatoms. The van der Waals surface area contributed by atoms with Crippen LogP contribution in [-0.2, 0) is 7.05 Å². The molecule has 1 aromatic carbocycles. The van der Waals surface area contributed by atoms with Crippen LogP contribution in [0.2, 0.25) is 0 Å². The first-order valence-electron chi connectivity index (χ1n) is 6.64. The van der Waals surface area contributed by atoms with Gasteiger partial charge in [-0.2, -0.15) is 5.10 Å². The van der Waals surface area contributed by atoms with Crippen molar-refractivity contribution in [2.24, 2.45) is 7.05 Å². The Kier molecular flexibility index (Phi) is 3.90. The van der Waals surface area contributed by atoms with Gasteiger partial charge >= 0.3 is 5.97 Å². The van der Waals surface area contributed by atoms with Crippen LogP contribution in [0, 0.1) is 0 Å². The summed E-state index contributed by atoms with van der Waals surface area (Å²) in [5.74, 6) is -1.76. The summed E-state index contributed by atoms with van der Waals surface area (Å²) >= 11 is 1.27. The first-order valence-corrected chi connectivity index (χ1v) is 7.52. The number of aromatic nitrogens is 3. The van der Waals surface area contributed by atoms with Gasteiger partial charge in [0.05, 0.1) is 11.9 Å². The Morgan fingerprint density at radius 1 is 1.26 bits per heavy atom. The van der Waals surface area contributed by atoms with Crippen molar-refractivity contribution in [1.82, 2.24) is 14.8 Å². The van der Waals surface area contributed by atoms with Gasteiger partial charge in [0.1, 0.15) is 11.3 Å². The number of thiazole rings is 1. The van der Waals surface area contributed by atoms with Crippen molar-refractivity contribution in [1.29, 1.82) is 0 Å². The smallest absolute Gasteiger partial charge is 0.339 e. The fourth-order valence-corrected chi connectivity index (χ4v) is 2.81. The summed E-state index contributed by atoms with van der Waals surface area (Å²) in [6, 6.07) is 9.56. The quantitative estimate of drug-likeness (QED) is 0.767. The minimum absolute atomic E-state index is 0.0195. The Morgan fingerprint density at radius 2 is 2.00 bits per heavy atom. The molecule has 0 spiro atoms. The average Bonchev–Trinajstić information content (AvgIpc) is 3.15. The van der Waals surface area contributed by atoms with Crippen LogP contribution in [0.4, 0.5) is 5.13 Å². The molecule has 0 saturated heterocycles. The molecule has 1 amide bonds. The molecule has 7 nitrogen and oxygen atoms in total. The van der Waals surface area contributed by atoms with Crippen molar-refractivity contribution >= 4 is 28.3 Å². The minimum Gasteiger partial charge on any atom is -0.478 e. The van der Waals surface area contributed by atoms with E-state index in [1.807, 2.05) is 35.7 Å². The molecule has 23 heavy (non-hydrogen) atoms. The number of nitrogens with zero attached hydrogens (tertiary/aromatic N) is 3. The van der Waals surface area contributed by atoms with Crippen LogP contribution in [0.3, 0.4) is 0 Å². The highest BCUT2D eigenvalue weighted by Crippen LogP contribution is 2.25. The summed E-state index contributed by atoms with van der Waals surface area (Å²) < 4.78 is 1.23. The summed E-state index contributed by atoms with van der Waals surface area (Å²) in [5.41, 5.74) is 1.52. The number of carboxylic acid groups (broad SMARTS) is 1. The second kappa shape index (κ2) is 6.01. The first-order chi connectivity index (χ1) is 11.1. The van der Waals surface area contributed by atoms with E-state index in [-0.39, 0.29) is 11.3 Å². The molecule has 0 saturated carbocycles. The number of carbonyl (C=O) groups excluding carboxylic acids is 1. The van der Waals surface area contributed by atoms with Gasteiger partial charge in [-0.15, -0.1) is 11.3 Å². The second-order valence-electron chi connectivity index (χ2n) is 4.69. The van der Waals surface area contributed by atoms with E-state index >= 15 is 0 Å². The fraction of sp³-hybridized carbons (Fsp3) is 0.0667. The van der Waals surface area contributed by atoms with E-state index in [1.54, 1.807) is 0 Å². The molecule has 0 unspecified atom stereocenters. The van der Waals surface area contributed by atoms with Gasteiger partial charge in [0, 0.05) is 18.0 Å². The average molecular weight is 328 g/mol. The van der Waals surface area contributed by atoms with Crippen molar-refractivity contribution in [3.63, 3.8) is 0 Å². The number of carbonyl (C=O) groups is 2. The largest absolute Gasteiger partial charge is 0.478 e. The van der Waals surface area contributed by atoms with Gasteiger partial charge in [-0.25, -0.2) is 9.78 Å². The highest BCUT2D eigenvalue weighted by Gasteiger charge is 2.22. The molecule has 0 atom stereocenters. The third kappa shape index (κ3) is 2.97. The van der Waals surface area contributed by atoms with Crippen LogP contribution in [0.15, 0.2) is 41.9 Å². The van der Waals surface area contributed by atoms with Crippen LogP contribution in [0.1, 0.15) is 20.8 Å². The zero-order valence-electron chi connectivity index (χ0n) is 12.1. The molecule has 3 rings (SSSR count). The third-order valence-electron chi connectivity index (χ3n) is 3.18. The lowest BCUT2D eigenvalue weighted by Crippen LogP contribution is -2.19. The van der Waals surface area contributed by atoms with Crippen LogP contribution in [0.25, 0.3) is 11.3 Å². The number of aromatic carboxylic acids is 1. The normalized spacial score (nSPS) is 10.5. The molecular formula is C15H12N4O3S. The van der Waals surface area contributed by atoms with Crippen LogP contribution < -0.4 is 5.32 Å². The lowest BCUT2D eigenvalue weighted by Gasteiger charge is -2.03. The maximum atomic E-state index is 12.3. The molecular weight excluding hydrogens is 316 g/mol. The second-order valence-corrected chi connectivity index (χ2v) is 5.55. The molecule has 0 aliphatic carbocycles. The minimum atomic E-state index is -1.20. The molecule has 0 bridgehead atoms. The first kappa shape index (κ1) is 14.9. The van der Waals surface area contributed by atoms with Crippen molar-refractivity contribution < 1.29 is 14.7 Å². The topological polar surface area (TPSA) is 97.1 Å². The van der Waals surface area contributed by atoms with Crippen LogP contribution >= 0.6 is 11.3 Å². The Morgan fingerprint density at radius 3 is 2.70 bits per heavy atom. The summed E-state index contributed by atoms with van der Waals surface area (Å²) in [4.78, 5) is 27.8. The van der Waals surface area contributed by atoms with Gasteiger partial charge in [0.15, 0.2) is 5.13 Å². The van der Waals surface area contributed by atoms with Gasteiger partial charge in [0.25, 0.3) is 5.91 Å². The molecule has 116 valence electrons. The third-order valence-corrected chi connectivity index (χ3v) is 3.94. The number of hydrogen-bond donors (Lipinski definition) is 2. The summed E-state index contributed by atoms with van der Waals surface area (Å²) in [6.45, 7) is 0. The highest BCUT2D eigenvalue weighted by molar-refractivity contribution is 7.14. The number of hydrogen-bond acceptors (Lipinski definition) is 5. The number of anilines is 1. The summed E-state index contributed by atoms with van der Waals surface area (Å²) in [7, 11) is 1.51. The Bertz CT molecular complexity index is 870. The molecule has 0 aliphatic heterocycles. The number of benzene rings is 1. The molecule has 2 heterocycles. The van der Waals surface area contributed by atoms with E-state index in [0.717, 1.165) is 17.5 Å². The zero-order valence-corrected chi connectivity index (χ0v) is 12.9. The van der Waals surface area contributed by atoms with Crippen molar-refractivity contribution in [2.45, 2.75) is 0 Å². The van der Waals surface area contributed by atoms with Gasteiger partial charge in [0.2, 0.25) is 0 Å². The summed E-state index contributed by atoms with van der Waals surface area (Å²) in [6.07, 6.45) is 1.15. The van der Waals surface area contributed by atoms with Crippen molar-refractivity contribution in [2.75, 3.05) is 5.32 Å². The van der Waals surface area contributed by atoms with E-state index in [0.29, 0.717) is 5.13 Å². The van der Waals surface area contributed by atoms with Gasteiger partial charge < -0.3 is 5.11 Å². The van der Waals surface area contributed by atoms with Crippen LogP contribution in [0.5, 0.6) is 0 Å². The van der Waals surface area contributed by atoms with Gasteiger partial charge in [-0.05, 0) is 0 Å². The van der Waals surface area contributed by atoms with E-state index in [9.17, 15) is 9.59 Å². The standard InChI is InChI=1S/C15H12N4O3S/c1-19-12(10(7-16-19)14(21)22)13(20)18-15-17-11(8-23-15)9-5-3-2-4-6-9/h2-8H,1H3,(H,21,22)(H,17,18,20). The Labute approximate surface area is 135 Å². The van der Waals surface area contributed by atoms with E-state index in [4.69, 9.17) is 5.11 Å². The monoisotopic (exact) mass is 328 g/mol. The van der Waals surface area contributed by atoms with E-state index in [1.165, 1.54) is 23.1 Å². The number of carboxylic acids is 1. The lowest BCUT2D eigenvalue weighted by molar-refractivity contribution is 0.0692. The molecule has 2 aromatic heterocycles. The van der Waals surface area contributed by atoms with Crippen molar-refractivity contribution in [3.8, 4) is 11.3 Å². The Hall–Kier alpha value is -3.00. The predicted molar refractivity (Wildman–Crippen MR) is 85.7 cm³/mol. The van der Waals surface area contributed by atoms with E-state index < -0.39 is 11.9 Å². The highest BCUT2D eigenvalue weighted by atomic mass is 32.1. The molecule has 0 fully saturated rings. The Balaban J connectivity index is 1.83. The molecule has 0 radical (unpaired) electrons. The zero-order chi connectivity index (χ0) is 16.4. The maximum absolute atomic E-state index is 12.3. The number of aryl methyl sites for hydroxylation is 1. The van der Waals surface area contributed by atoms with Gasteiger partial charge in [-0.3, -0.25) is 14.8 Å². The van der Waals surface area contributed by atoms with E-state index in [2.05, 4.69) is 15.4 Å². The lowest BCUT2D eigenvalue weighted by atomic mass is 10.2. The fourth-order valence-electron chi connectivity index (χ4n) is 2.09. The molecule has 2 N–H and O–H groups in total. The maximum Gasteiger partial charge on any atom is 0.339 e. The number of rotatable bonds is 4. The predicted octanol–water partition coefficient (Wildman–Crippen LogP) is 2.49. The number of nitrogens with one attached hydrogen (secondary N) is 1. The van der Waals surface area contributed by atoms with Crippen molar-refractivity contribution in [3.05, 3.63) is 53.2 Å².